The molecule has 0 atom stereocenters. The molecule has 0 bridgehead atoms. The molecule has 4 heteroatoms. The van der Waals surface area contributed by atoms with Crippen LogP contribution in [0.15, 0.2) is 42.5 Å². The quantitative estimate of drug-likeness (QED) is 0.779. The largest absolute Gasteiger partial charge is 0.332 e. The van der Waals surface area contributed by atoms with Crippen molar-refractivity contribution in [2.75, 3.05) is 10.6 Å². The van der Waals surface area contributed by atoms with Gasteiger partial charge < -0.3 is 10.6 Å². The van der Waals surface area contributed by atoms with E-state index in [0.717, 1.165) is 11.4 Å². The summed E-state index contributed by atoms with van der Waals surface area (Å²) in [7, 11) is 0. The van der Waals surface area contributed by atoms with Crippen molar-refractivity contribution in [2.24, 2.45) is 0 Å². The second-order valence-corrected chi connectivity index (χ2v) is 5.17. The van der Waals surface area contributed by atoms with E-state index in [4.69, 9.17) is 23.8 Å². The number of halogens is 1. The molecule has 0 radical (unpaired) electrons. The maximum atomic E-state index is 6.07. The normalized spacial score (nSPS) is 10.1. The van der Waals surface area contributed by atoms with Crippen molar-refractivity contribution >= 4 is 40.3 Å². The molecule has 19 heavy (non-hydrogen) atoms. The first-order valence-electron chi connectivity index (χ1n) is 5.96. The van der Waals surface area contributed by atoms with Gasteiger partial charge in [0.25, 0.3) is 0 Å². The highest BCUT2D eigenvalue weighted by molar-refractivity contribution is 7.80. The van der Waals surface area contributed by atoms with E-state index in [-0.39, 0.29) is 0 Å². The second-order valence-electron chi connectivity index (χ2n) is 4.36. The molecule has 2 aromatic rings. The summed E-state index contributed by atoms with van der Waals surface area (Å²) < 4.78 is 0. The summed E-state index contributed by atoms with van der Waals surface area (Å²) in [4.78, 5) is 0. The number of aryl methyl sites for hydroxylation is 2. The summed E-state index contributed by atoms with van der Waals surface area (Å²) in [5.74, 6) is 0. The van der Waals surface area contributed by atoms with E-state index in [1.807, 2.05) is 30.3 Å². The lowest BCUT2D eigenvalue weighted by Crippen LogP contribution is -2.19. The molecule has 2 N–H and O–H groups in total. The molecule has 0 amide bonds. The third kappa shape index (κ3) is 3.69. The summed E-state index contributed by atoms with van der Waals surface area (Å²) in [6, 6.07) is 13.6. The Kier molecular flexibility index (Phi) is 4.40. The predicted octanol–water partition coefficient (Wildman–Crippen LogP) is 4.77. The minimum atomic E-state index is 0.524. The van der Waals surface area contributed by atoms with Gasteiger partial charge in [0.1, 0.15) is 0 Å². The monoisotopic (exact) mass is 290 g/mol. The van der Waals surface area contributed by atoms with E-state index in [1.165, 1.54) is 11.1 Å². The fourth-order valence-corrected chi connectivity index (χ4v) is 2.08. The van der Waals surface area contributed by atoms with Crippen molar-refractivity contribution in [2.45, 2.75) is 13.8 Å². The lowest BCUT2D eigenvalue weighted by molar-refractivity contribution is 1.34. The molecule has 0 aliphatic carbocycles. The first-order valence-corrected chi connectivity index (χ1v) is 6.74. The minimum absolute atomic E-state index is 0.524. The zero-order chi connectivity index (χ0) is 13.8. The van der Waals surface area contributed by atoms with Crippen LogP contribution in [0.5, 0.6) is 0 Å². The van der Waals surface area contributed by atoms with Gasteiger partial charge in [0.2, 0.25) is 0 Å². The van der Waals surface area contributed by atoms with Gasteiger partial charge in [-0.2, -0.15) is 0 Å². The van der Waals surface area contributed by atoms with Gasteiger partial charge in [-0.3, -0.25) is 0 Å². The van der Waals surface area contributed by atoms with Crippen LogP contribution in [0.3, 0.4) is 0 Å². The van der Waals surface area contributed by atoms with Crippen molar-refractivity contribution in [3.8, 4) is 0 Å². The van der Waals surface area contributed by atoms with Crippen molar-refractivity contribution in [3.05, 3.63) is 58.6 Å². The highest BCUT2D eigenvalue weighted by atomic mass is 35.5. The first-order chi connectivity index (χ1) is 9.06. The van der Waals surface area contributed by atoms with Crippen molar-refractivity contribution < 1.29 is 0 Å². The van der Waals surface area contributed by atoms with Crippen LogP contribution < -0.4 is 10.6 Å². The molecule has 2 nitrogen and oxygen atoms in total. The smallest absolute Gasteiger partial charge is 0.175 e. The third-order valence-electron chi connectivity index (χ3n) is 2.89. The van der Waals surface area contributed by atoms with Crippen molar-refractivity contribution in [1.82, 2.24) is 0 Å². The van der Waals surface area contributed by atoms with Crippen molar-refractivity contribution in [1.29, 1.82) is 0 Å². The Morgan fingerprint density at radius 2 is 1.74 bits per heavy atom. The van der Waals surface area contributed by atoms with Gasteiger partial charge >= 0.3 is 0 Å². The molecule has 2 aromatic carbocycles. The van der Waals surface area contributed by atoms with Crippen LogP contribution in [-0.2, 0) is 0 Å². The zero-order valence-electron chi connectivity index (χ0n) is 10.8. The van der Waals surface area contributed by atoms with Crippen LogP contribution in [0.2, 0.25) is 5.02 Å². The van der Waals surface area contributed by atoms with Gasteiger partial charge in [-0.25, -0.2) is 0 Å². The Balaban J connectivity index is 2.05. The maximum absolute atomic E-state index is 6.07. The van der Waals surface area contributed by atoms with Crippen LogP contribution in [-0.4, -0.2) is 5.11 Å². The Hall–Kier alpha value is -1.58. The molecular weight excluding hydrogens is 276 g/mol. The molecule has 0 spiro atoms. The molecule has 0 saturated heterocycles. The number of hydrogen-bond acceptors (Lipinski definition) is 1. The minimum Gasteiger partial charge on any atom is -0.332 e. The fraction of sp³-hybridized carbons (Fsp3) is 0.133. The number of para-hydroxylation sites is 1. The molecule has 0 heterocycles. The molecular formula is C15H15ClN2S. The number of benzene rings is 2. The van der Waals surface area contributed by atoms with Crippen LogP contribution in [0.25, 0.3) is 0 Å². The van der Waals surface area contributed by atoms with Gasteiger partial charge in [-0.1, -0.05) is 29.8 Å². The van der Waals surface area contributed by atoms with E-state index in [1.54, 1.807) is 0 Å². The average Bonchev–Trinajstić information content (AvgIpc) is 2.37. The Bertz CT molecular complexity index is 611. The predicted molar refractivity (Wildman–Crippen MR) is 87.2 cm³/mol. The van der Waals surface area contributed by atoms with Gasteiger partial charge in [-0.15, -0.1) is 0 Å². The molecule has 0 aromatic heterocycles. The van der Waals surface area contributed by atoms with Gasteiger partial charge in [0.15, 0.2) is 5.11 Å². The summed E-state index contributed by atoms with van der Waals surface area (Å²) >= 11 is 11.3. The van der Waals surface area contributed by atoms with Crippen LogP contribution >= 0.6 is 23.8 Å². The lowest BCUT2D eigenvalue weighted by Gasteiger charge is -2.12. The van der Waals surface area contributed by atoms with Gasteiger partial charge in [0, 0.05) is 5.69 Å². The Labute approximate surface area is 123 Å². The number of thiocarbonyl (C=S) groups is 1. The highest BCUT2D eigenvalue weighted by Crippen LogP contribution is 2.21. The standard InChI is InChI=1S/C15H15ClN2S/c1-10-7-8-12(9-11(10)2)17-15(19)18-14-6-4-3-5-13(14)16/h3-9H,1-2H3,(H2,17,18,19). The summed E-state index contributed by atoms with van der Waals surface area (Å²) in [6.45, 7) is 4.16. The van der Waals surface area contributed by atoms with E-state index < -0.39 is 0 Å². The van der Waals surface area contributed by atoms with Crippen LogP contribution in [0.1, 0.15) is 11.1 Å². The highest BCUT2D eigenvalue weighted by Gasteiger charge is 2.03. The molecule has 0 saturated carbocycles. The summed E-state index contributed by atoms with van der Waals surface area (Å²) in [5.41, 5.74) is 4.25. The second kappa shape index (κ2) is 6.04. The molecule has 0 aliphatic rings. The maximum Gasteiger partial charge on any atom is 0.175 e. The SMILES string of the molecule is Cc1ccc(NC(=S)Nc2ccccc2Cl)cc1C. The molecule has 0 unspecified atom stereocenters. The van der Waals surface area contributed by atoms with E-state index in [0.29, 0.717) is 10.1 Å². The molecule has 0 aliphatic heterocycles. The first kappa shape index (κ1) is 13.8. The van der Waals surface area contributed by atoms with Gasteiger partial charge in [-0.05, 0) is 61.5 Å². The average molecular weight is 291 g/mol. The Morgan fingerprint density at radius 3 is 2.42 bits per heavy atom. The fourth-order valence-electron chi connectivity index (χ4n) is 1.67. The number of anilines is 2. The molecule has 2 rings (SSSR count). The molecule has 0 fully saturated rings. The summed E-state index contributed by atoms with van der Waals surface area (Å²) in [5, 5.41) is 7.40. The van der Waals surface area contributed by atoms with E-state index in [2.05, 4.69) is 36.6 Å². The third-order valence-corrected chi connectivity index (χ3v) is 3.42. The topological polar surface area (TPSA) is 24.1 Å². The van der Waals surface area contributed by atoms with Gasteiger partial charge in [0.05, 0.1) is 10.7 Å². The zero-order valence-corrected chi connectivity index (χ0v) is 12.4. The number of rotatable bonds is 2. The summed E-state index contributed by atoms with van der Waals surface area (Å²) in [6.07, 6.45) is 0. The van der Waals surface area contributed by atoms with E-state index in [9.17, 15) is 0 Å². The molecule has 98 valence electrons. The van der Waals surface area contributed by atoms with E-state index >= 15 is 0 Å². The number of hydrogen-bond donors (Lipinski definition) is 2. The number of nitrogens with one attached hydrogen (secondary N) is 2. The lowest BCUT2D eigenvalue weighted by atomic mass is 10.1. The van der Waals surface area contributed by atoms with Crippen molar-refractivity contribution in [3.63, 3.8) is 0 Å². The Morgan fingerprint density at radius 1 is 1.00 bits per heavy atom. The van der Waals surface area contributed by atoms with Crippen LogP contribution in [0, 0.1) is 13.8 Å². The van der Waals surface area contributed by atoms with Crippen LogP contribution in [0.4, 0.5) is 11.4 Å².